The highest BCUT2D eigenvalue weighted by Crippen LogP contribution is 2.22. The van der Waals surface area contributed by atoms with Crippen LogP contribution in [-0.2, 0) is 4.79 Å². The highest BCUT2D eigenvalue weighted by Gasteiger charge is 2.16. The van der Waals surface area contributed by atoms with Gasteiger partial charge in [-0.05, 0) is 42.3 Å². The lowest BCUT2D eigenvalue weighted by atomic mass is 9.98. The van der Waals surface area contributed by atoms with E-state index in [4.69, 9.17) is 0 Å². The largest absolute Gasteiger partial charge is 0.324 e. The van der Waals surface area contributed by atoms with Gasteiger partial charge in [-0.2, -0.15) is 0 Å². The number of amides is 1. The maximum Gasteiger partial charge on any atom is 0.238 e. The standard InChI is InChI=1S/C23H21FN2O2/c1-16(27)20-9-5-6-10-21(20)26-22(28)15-25-23(17-7-3-2-4-8-17)18-11-13-19(24)14-12-18/h2-14,23,25H,15H2,1H3,(H,26,28). The molecule has 3 aromatic rings. The number of benzene rings is 3. The Balaban J connectivity index is 1.74. The second-order valence-electron chi connectivity index (χ2n) is 6.43. The van der Waals surface area contributed by atoms with Crippen LogP contribution in [0.1, 0.15) is 34.5 Å². The predicted octanol–water partition coefficient (Wildman–Crippen LogP) is 4.35. The summed E-state index contributed by atoms with van der Waals surface area (Å²) >= 11 is 0. The second-order valence-corrected chi connectivity index (χ2v) is 6.43. The Kier molecular flexibility index (Phi) is 6.29. The molecule has 0 radical (unpaired) electrons. The average Bonchev–Trinajstić information content (AvgIpc) is 2.70. The molecule has 28 heavy (non-hydrogen) atoms. The number of carbonyl (C=O) groups is 2. The van der Waals surface area contributed by atoms with E-state index in [1.807, 2.05) is 30.3 Å². The van der Waals surface area contributed by atoms with Crippen LogP contribution in [0.4, 0.5) is 10.1 Å². The summed E-state index contributed by atoms with van der Waals surface area (Å²) in [6.07, 6.45) is 0. The van der Waals surface area contributed by atoms with Crippen molar-refractivity contribution >= 4 is 17.4 Å². The number of halogens is 1. The molecule has 0 bridgehead atoms. The number of hydrogen-bond donors (Lipinski definition) is 2. The molecule has 1 atom stereocenters. The zero-order valence-electron chi connectivity index (χ0n) is 15.5. The molecule has 4 nitrogen and oxygen atoms in total. The zero-order valence-corrected chi connectivity index (χ0v) is 15.5. The molecule has 0 fully saturated rings. The maximum absolute atomic E-state index is 13.3. The quantitative estimate of drug-likeness (QED) is 0.603. The lowest BCUT2D eigenvalue weighted by Crippen LogP contribution is -2.32. The van der Waals surface area contributed by atoms with Crippen LogP contribution >= 0.6 is 0 Å². The van der Waals surface area contributed by atoms with Crippen molar-refractivity contribution in [2.75, 3.05) is 11.9 Å². The number of ketones is 1. The van der Waals surface area contributed by atoms with Crippen LogP contribution in [0.3, 0.4) is 0 Å². The van der Waals surface area contributed by atoms with Crippen molar-refractivity contribution in [1.29, 1.82) is 0 Å². The summed E-state index contributed by atoms with van der Waals surface area (Å²) in [5.41, 5.74) is 2.77. The van der Waals surface area contributed by atoms with Gasteiger partial charge in [0.05, 0.1) is 18.3 Å². The molecule has 0 saturated carbocycles. The fourth-order valence-corrected chi connectivity index (χ4v) is 3.02. The van der Waals surface area contributed by atoms with Crippen LogP contribution < -0.4 is 10.6 Å². The van der Waals surface area contributed by atoms with Crippen LogP contribution in [-0.4, -0.2) is 18.2 Å². The van der Waals surface area contributed by atoms with E-state index >= 15 is 0 Å². The summed E-state index contributed by atoms with van der Waals surface area (Å²) in [4.78, 5) is 24.2. The number of carbonyl (C=O) groups excluding carboxylic acids is 2. The molecule has 0 spiro atoms. The van der Waals surface area contributed by atoms with Crippen molar-refractivity contribution in [3.63, 3.8) is 0 Å². The van der Waals surface area contributed by atoms with E-state index in [0.29, 0.717) is 11.3 Å². The van der Waals surface area contributed by atoms with E-state index in [9.17, 15) is 14.0 Å². The van der Waals surface area contributed by atoms with Gasteiger partial charge in [0, 0.05) is 5.56 Å². The first kappa shape index (κ1) is 19.5. The summed E-state index contributed by atoms with van der Waals surface area (Å²) < 4.78 is 13.3. The molecule has 0 saturated heterocycles. The number of nitrogens with one attached hydrogen (secondary N) is 2. The molecule has 1 unspecified atom stereocenters. The first-order valence-electron chi connectivity index (χ1n) is 8.98. The van der Waals surface area contributed by atoms with Gasteiger partial charge >= 0.3 is 0 Å². The Hall–Kier alpha value is -3.31. The molecule has 0 aliphatic heterocycles. The van der Waals surface area contributed by atoms with Crippen molar-refractivity contribution in [1.82, 2.24) is 5.32 Å². The van der Waals surface area contributed by atoms with Crippen LogP contribution in [0.5, 0.6) is 0 Å². The summed E-state index contributed by atoms with van der Waals surface area (Å²) in [6.45, 7) is 1.49. The van der Waals surface area contributed by atoms with Crippen molar-refractivity contribution in [2.24, 2.45) is 0 Å². The fourth-order valence-electron chi connectivity index (χ4n) is 3.02. The minimum atomic E-state index is -0.311. The molecule has 0 heterocycles. The minimum absolute atomic E-state index is 0.0309. The van der Waals surface area contributed by atoms with E-state index < -0.39 is 0 Å². The van der Waals surface area contributed by atoms with Crippen molar-refractivity contribution < 1.29 is 14.0 Å². The van der Waals surface area contributed by atoms with Gasteiger partial charge in [0.2, 0.25) is 5.91 Å². The van der Waals surface area contributed by atoms with Crippen LogP contribution in [0.2, 0.25) is 0 Å². The van der Waals surface area contributed by atoms with Crippen LogP contribution in [0.15, 0.2) is 78.9 Å². The van der Waals surface area contributed by atoms with E-state index in [-0.39, 0.29) is 30.1 Å². The van der Waals surface area contributed by atoms with E-state index in [1.165, 1.54) is 19.1 Å². The van der Waals surface area contributed by atoms with E-state index in [0.717, 1.165) is 11.1 Å². The molecule has 3 aromatic carbocycles. The van der Waals surface area contributed by atoms with Gasteiger partial charge < -0.3 is 5.32 Å². The third-order valence-corrected chi connectivity index (χ3v) is 4.38. The van der Waals surface area contributed by atoms with Crippen molar-refractivity contribution in [3.05, 3.63) is 101 Å². The number of hydrogen-bond acceptors (Lipinski definition) is 3. The third kappa shape index (κ3) is 4.90. The van der Waals surface area contributed by atoms with Gasteiger partial charge in [0.25, 0.3) is 0 Å². The van der Waals surface area contributed by atoms with Gasteiger partial charge in [-0.25, -0.2) is 4.39 Å². The normalized spacial score (nSPS) is 11.6. The molecule has 0 aliphatic carbocycles. The zero-order chi connectivity index (χ0) is 19.9. The highest BCUT2D eigenvalue weighted by molar-refractivity contribution is 6.04. The number of anilines is 1. The Labute approximate surface area is 163 Å². The second kappa shape index (κ2) is 9.06. The summed E-state index contributed by atoms with van der Waals surface area (Å²) in [5, 5.41) is 6.00. The van der Waals surface area contributed by atoms with Crippen LogP contribution in [0.25, 0.3) is 0 Å². The van der Waals surface area contributed by atoms with Gasteiger partial charge in [-0.3, -0.25) is 14.9 Å². The predicted molar refractivity (Wildman–Crippen MR) is 108 cm³/mol. The molecule has 0 aromatic heterocycles. The van der Waals surface area contributed by atoms with Crippen LogP contribution in [0, 0.1) is 5.82 Å². The lowest BCUT2D eigenvalue weighted by Gasteiger charge is -2.20. The maximum atomic E-state index is 13.3. The Morgan fingerprint density at radius 2 is 1.46 bits per heavy atom. The Morgan fingerprint density at radius 3 is 2.14 bits per heavy atom. The first-order chi connectivity index (χ1) is 13.5. The molecule has 5 heteroatoms. The van der Waals surface area contributed by atoms with E-state index in [1.54, 1.807) is 36.4 Å². The summed E-state index contributed by atoms with van der Waals surface area (Å²) in [6, 6.07) is 22.5. The smallest absolute Gasteiger partial charge is 0.238 e. The van der Waals surface area contributed by atoms with Gasteiger partial charge in [0.15, 0.2) is 5.78 Å². The van der Waals surface area contributed by atoms with Crippen molar-refractivity contribution in [2.45, 2.75) is 13.0 Å². The lowest BCUT2D eigenvalue weighted by molar-refractivity contribution is -0.115. The Morgan fingerprint density at radius 1 is 0.857 bits per heavy atom. The Bertz CT molecular complexity index is 956. The first-order valence-corrected chi connectivity index (χ1v) is 8.98. The summed E-state index contributed by atoms with van der Waals surface area (Å²) in [7, 11) is 0. The molecule has 2 N–H and O–H groups in total. The minimum Gasteiger partial charge on any atom is -0.324 e. The molecule has 1 amide bonds. The monoisotopic (exact) mass is 376 g/mol. The fraction of sp³-hybridized carbons (Fsp3) is 0.130. The number of rotatable bonds is 7. The molecule has 3 rings (SSSR count). The number of para-hydroxylation sites is 1. The summed E-state index contributed by atoms with van der Waals surface area (Å²) in [5.74, 6) is -0.691. The molecule has 142 valence electrons. The van der Waals surface area contributed by atoms with Gasteiger partial charge in [-0.15, -0.1) is 0 Å². The molecular formula is C23H21FN2O2. The third-order valence-electron chi connectivity index (χ3n) is 4.38. The SMILES string of the molecule is CC(=O)c1ccccc1NC(=O)CNC(c1ccccc1)c1ccc(F)cc1. The number of Topliss-reactive ketones (excluding diaryl/α,β-unsaturated/α-hetero) is 1. The topological polar surface area (TPSA) is 58.2 Å². The molecular weight excluding hydrogens is 355 g/mol. The molecule has 0 aliphatic rings. The van der Waals surface area contributed by atoms with Gasteiger partial charge in [0.1, 0.15) is 5.82 Å². The highest BCUT2D eigenvalue weighted by atomic mass is 19.1. The van der Waals surface area contributed by atoms with Crippen molar-refractivity contribution in [3.8, 4) is 0 Å². The van der Waals surface area contributed by atoms with E-state index in [2.05, 4.69) is 10.6 Å². The van der Waals surface area contributed by atoms with Gasteiger partial charge in [-0.1, -0.05) is 54.6 Å². The average molecular weight is 376 g/mol.